The lowest BCUT2D eigenvalue weighted by atomic mass is 9.99. The van der Waals surface area contributed by atoms with Crippen molar-refractivity contribution in [2.45, 2.75) is 59.2 Å². The molecule has 1 unspecified atom stereocenters. The minimum atomic E-state index is 0.344. The first-order chi connectivity index (χ1) is 10.1. The lowest BCUT2D eigenvalue weighted by molar-refractivity contribution is 0.541. The van der Waals surface area contributed by atoms with Crippen LogP contribution in [0.25, 0.3) is 0 Å². The van der Waals surface area contributed by atoms with E-state index in [4.69, 9.17) is 0 Å². The molecule has 2 aromatic rings. The van der Waals surface area contributed by atoms with Crippen LogP contribution >= 0.6 is 0 Å². The third-order valence-corrected chi connectivity index (χ3v) is 3.96. The van der Waals surface area contributed by atoms with Crippen LogP contribution < -0.4 is 5.32 Å². The first-order valence-corrected chi connectivity index (χ1v) is 7.94. The van der Waals surface area contributed by atoms with Crippen LogP contribution in [0.1, 0.15) is 62.9 Å². The van der Waals surface area contributed by atoms with E-state index in [1.165, 1.54) is 16.8 Å². The maximum Gasteiger partial charge on any atom is 0.0948 e. The van der Waals surface area contributed by atoms with E-state index in [0.717, 1.165) is 19.5 Å². The summed E-state index contributed by atoms with van der Waals surface area (Å²) in [5, 5.41) is 3.59. The van der Waals surface area contributed by atoms with Gasteiger partial charge in [-0.05, 0) is 30.4 Å². The average molecular weight is 285 g/mol. The molecule has 1 aromatic carbocycles. The number of imidazole rings is 1. The minimum absolute atomic E-state index is 0.344. The van der Waals surface area contributed by atoms with Crippen LogP contribution in [0.4, 0.5) is 0 Å². The Hall–Kier alpha value is -1.61. The molecular formula is C18H27N3. The van der Waals surface area contributed by atoms with Gasteiger partial charge in [-0.3, -0.25) is 0 Å². The van der Waals surface area contributed by atoms with Gasteiger partial charge in [-0.25, -0.2) is 4.98 Å². The molecule has 2 rings (SSSR count). The number of nitrogens with zero attached hydrogens (tertiary/aromatic N) is 2. The number of aryl methyl sites for hydroxylation is 1. The van der Waals surface area contributed by atoms with Crippen molar-refractivity contribution in [2.24, 2.45) is 0 Å². The highest BCUT2D eigenvalue weighted by atomic mass is 15.1. The highest BCUT2D eigenvalue weighted by Gasteiger charge is 2.08. The molecule has 1 aromatic heterocycles. The van der Waals surface area contributed by atoms with Gasteiger partial charge in [0.15, 0.2) is 0 Å². The molecular weight excluding hydrogens is 258 g/mol. The van der Waals surface area contributed by atoms with Crippen LogP contribution in [0.2, 0.25) is 0 Å². The van der Waals surface area contributed by atoms with E-state index in [9.17, 15) is 0 Å². The Bertz CT molecular complexity index is 540. The summed E-state index contributed by atoms with van der Waals surface area (Å²) >= 11 is 0. The fourth-order valence-electron chi connectivity index (χ4n) is 2.48. The van der Waals surface area contributed by atoms with Crippen molar-refractivity contribution >= 4 is 0 Å². The molecule has 0 radical (unpaired) electrons. The lowest BCUT2D eigenvalue weighted by Gasteiger charge is -2.16. The van der Waals surface area contributed by atoms with Gasteiger partial charge in [0.2, 0.25) is 0 Å². The Labute approximate surface area is 128 Å². The number of hydrogen-bond donors (Lipinski definition) is 1. The van der Waals surface area contributed by atoms with Crippen LogP contribution in [0.3, 0.4) is 0 Å². The molecule has 1 heterocycles. The van der Waals surface area contributed by atoms with Gasteiger partial charge in [-0.2, -0.15) is 0 Å². The molecule has 0 fully saturated rings. The largest absolute Gasteiger partial charge is 0.333 e. The maximum absolute atomic E-state index is 4.25. The molecule has 0 aliphatic rings. The monoisotopic (exact) mass is 285 g/mol. The van der Waals surface area contributed by atoms with Crippen molar-refractivity contribution < 1.29 is 0 Å². The summed E-state index contributed by atoms with van der Waals surface area (Å²) < 4.78 is 2.22. The Morgan fingerprint density at radius 1 is 1.10 bits per heavy atom. The fraction of sp³-hybridized carbons (Fsp3) is 0.500. The van der Waals surface area contributed by atoms with Gasteiger partial charge in [0.1, 0.15) is 0 Å². The van der Waals surface area contributed by atoms with Crippen LogP contribution in [-0.2, 0) is 13.1 Å². The van der Waals surface area contributed by atoms with E-state index in [-0.39, 0.29) is 0 Å². The number of aromatic nitrogens is 2. The zero-order valence-corrected chi connectivity index (χ0v) is 13.6. The molecule has 0 aliphatic carbocycles. The summed E-state index contributed by atoms with van der Waals surface area (Å²) in [6.45, 7) is 10.7. The Balaban J connectivity index is 1.94. The lowest BCUT2D eigenvalue weighted by Crippen LogP contribution is -2.20. The number of nitrogens with one attached hydrogen (secondary N) is 1. The van der Waals surface area contributed by atoms with Crippen LogP contribution in [0.5, 0.6) is 0 Å². The van der Waals surface area contributed by atoms with Crippen LogP contribution in [0, 0.1) is 0 Å². The van der Waals surface area contributed by atoms with Crippen molar-refractivity contribution in [3.05, 3.63) is 53.6 Å². The number of hydrogen-bond acceptors (Lipinski definition) is 2. The Morgan fingerprint density at radius 3 is 2.38 bits per heavy atom. The summed E-state index contributed by atoms with van der Waals surface area (Å²) in [5.41, 5.74) is 3.98. The molecule has 114 valence electrons. The first kappa shape index (κ1) is 15.8. The van der Waals surface area contributed by atoms with E-state index < -0.39 is 0 Å². The molecule has 0 bridgehead atoms. The van der Waals surface area contributed by atoms with Crippen molar-refractivity contribution in [2.75, 3.05) is 0 Å². The molecule has 0 amide bonds. The summed E-state index contributed by atoms with van der Waals surface area (Å²) in [7, 11) is 0. The van der Waals surface area contributed by atoms with Crippen LogP contribution in [0.15, 0.2) is 36.8 Å². The minimum Gasteiger partial charge on any atom is -0.333 e. The third kappa shape index (κ3) is 4.18. The molecule has 3 nitrogen and oxygen atoms in total. The first-order valence-electron chi connectivity index (χ1n) is 7.94. The fourth-order valence-corrected chi connectivity index (χ4v) is 2.48. The molecule has 21 heavy (non-hydrogen) atoms. The smallest absolute Gasteiger partial charge is 0.0948 e. The molecule has 0 saturated carbocycles. The van der Waals surface area contributed by atoms with Gasteiger partial charge in [0.05, 0.1) is 12.0 Å². The van der Waals surface area contributed by atoms with Gasteiger partial charge in [0.25, 0.3) is 0 Å². The van der Waals surface area contributed by atoms with Crippen LogP contribution in [-0.4, -0.2) is 9.55 Å². The van der Waals surface area contributed by atoms with E-state index in [0.29, 0.717) is 12.0 Å². The topological polar surface area (TPSA) is 29.9 Å². The van der Waals surface area contributed by atoms with Crippen molar-refractivity contribution in [1.29, 1.82) is 0 Å². The number of benzene rings is 1. The third-order valence-electron chi connectivity index (χ3n) is 3.96. The molecule has 0 spiro atoms. The Morgan fingerprint density at radius 2 is 1.76 bits per heavy atom. The zero-order valence-electron chi connectivity index (χ0n) is 13.6. The van der Waals surface area contributed by atoms with Crippen molar-refractivity contribution in [1.82, 2.24) is 14.9 Å². The predicted molar refractivity (Wildman–Crippen MR) is 88.3 cm³/mol. The van der Waals surface area contributed by atoms with Gasteiger partial charge in [-0.15, -0.1) is 0 Å². The van der Waals surface area contributed by atoms with E-state index in [1.54, 1.807) is 0 Å². The van der Waals surface area contributed by atoms with Gasteiger partial charge in [0, 0.05) is 25.3 Å². The van der Waals surface area contributed by atoms with Crippen molar-refractivity contribution in [3.63, 3.8) is 0 Å². The Kier molecular flexibility index (Phi) is 5.57. The summed E-state index contributed by atoms with van der Waals surface area (Å²) in [5.74, 6) is 0.589. The summed E-state index contributed by atoms with van der Waals surface area (Å²) in [6, 6.07) is 9.28. The molecule has 0 saturated heterocycles. The van der Waals surface area contributed by atoms with Crippen molar-refractivity contribution in [3.8, 4) is 0 Å². The second-order valence-electron chi connectivity index (χ2n) is 6.00. The van der Waals surface area contributed by atoms with E-state index in [1.807, 2.05) is 12.5 Å². The summed E-state index contributed by atoms with van der Waals surface area (Å²) in [4.78, 5) is 4.25. The van der Waals surface area contributed by atoms with Gasteiger partial charge in [-0.1, -0.05) is 45.0 Å². The quantitative estimate of drug-likeness (QED) is 0.823. The average Bonchev–Trinajstić information content (AvgIpc) is 2.92. The maximum atomic E-state index is 4.25. The standard InChI is InChI=1S/C18H27N3/c1-5-10-21-13-19-11-18(21)12-20-15(4)17-8-6-16(7-9-17)14(2)3/h6-9,11,13-15,20H,5,10,12H2,1-4H3. The molecule has 0 aliphatic heterocycles. The second-order valence-corrected chi connectivity index (χ2v) is 6.00. The van der Waals surface area contributed by atoms with E-state index in [2.05, 4.69) is 66.8 Å². The predicted octanol–water partition coefficient (Wildman–Crippen LogP) is 4.27. The number of rotatable bonds is 7. The second kappa shape index (κ2) is 7.41. The molecule has 1 N–H and O–H groups in total. The highest BCUT2D eigenvalue weighted by molar-refractivity contribution is 5.26. The van der Waals surface area contributed by atoms with E-state index >= 15 is 0 Å². The van der Waals surface area contributed by atoms with Gasteiger partial charge < -0.3 is 9.88 Å². The normalized spacial score (nSPS) is 12.8. The molecule has 3 heteroatoms. The molecule has 1 atom stereocenters. The summed E-state index contributed by atoms with van der Waals surface area (Å²) in [6.07, 6.45) is 5.01. The van der Waals surface area contributed by atoms with Gasteiger partial charge >= 0.3 is 0 Å². The highest BCUT2D eigenvalue weighted by Crippen LogP contribution is 2.18. The zero-order chi connectivity index (χ0) is 15.2. The SMILES string of the molecule is CCCn1cncc1CNC(C)c1ccc(C(C)C)cc1.